The van der Waals surface area contributed by atoms with Crippen molar-refractivity contribution in [2.45, 2.75) is 45.6 Å². The van der Waals surface area contributed by atoms with Gasteiger partial charge >= 0.3 is 0 Å². The Bertz CT molecular complexity index is 1150. The van der Waals surface area contributed by atoms with Crippen LogP contribution in [0.15, 0.2) is 35.2 Å². The van der Waals surface area contributed by atoms with Crippen molar-refractivity contribution in [3.8, 4) is 11.8 Å². The Labute approximate surface area is 178 Å². The van der Waals surface area contributed by atoms with E-state index in [1.165, 1.54) is 11.4 Å². The molecule has 160 valence electrons. The number of benzene rings is 2. The molecule has 0 amide bonds. The highest BCUT2D eigenvalue weighted by molar-refractivity contribution is 7.89. The van der Waals surface area contributed by atoms with Crippen LogP contribution in [0.1, 0.15) is 36.4 Å². The van der Waals surface area contributed by atoms with E-state index in [0.717, 1.165) is 11.1 Å². The smallest absolute Gasteiger partial charge is 0.243 e. The number of fused-ring (bicyclic) bond motifs is 1. The first-order valence-corrected chi connectivity index (χ1v) is 11.2. The summed E-state index contributed by atoms with van der Waals surface area (Å²) in [6.07, 6.45) is 0.250. The van der Waals surface area contributed by atoms with E-state index < -0.39 is 10.0 Å². The third-order valence-corrected chi connectivity index (χ3v) is 6.73. The lowest BCUT2D eigenvalue weighted by atomic mass is 10.1. The first kappa shape index (κ1) is 23.4. The third-order valence-electron chi connectivity index (χ3n) is 4.63. The molecule has 1 aromatic heterocycles. The Morgan fingerprint density at radius 3 is 2.40 bits per heavy atom. The van der Waals surface area contributed by atoms with Crippen LogP contribution < -0.4 is 4.74 Å². The van der Waals surface area contributed by atoms with Gasteiger partial charge in [0, 0.05) is 7.05 Å². The summed E-state index contributed by atoms with van der Waals surface area (Å²) in [4.78, 5) is 7.94. The molecule has 1 N–H and O–H groups in total. The van der Waals surface area contributed by atoms with E-state index >= 15 is 0 Å². The van der Waals surface area contributed by atoms with Crippen LogP contribution in [-0.4, -0.2) is 36.8 Å². The summed E-state index contributed by atoms with van der Waals surface area (Å²) in [7, 11) is -0.634. The van der Waals surface area contributed by atoms with Crippen LogP contribution in [0.3, 0.4) is 0 Å². The number of ether oxygens (including phenoxy) is 1. The first-order chi connectivity index (χ1) is 14.3. The summed E-state index contributed by atoms with van der Waals surface area (Å²) in [5, 5.41) is 8.97. The van der Waals surface area contributed by atoms with E-state index in [4.69, 9.17) is 10.00 Å². The van der Waals surface area contributed by atoms with Gasteiger partial charge in [-0.3, -0.25) is 0 Å². The minimum atomic E-state index is -3.72. The second-order valence-electron chi connectivity index (χ2n) is 6.68. The van der Waals surface area contributed by atoms with Crippen molar-refractivity contribution in [2.24, 2.45) is 0 Å². The third kappa shape index (κ3) is 4.64. The van der Waals surface area contributed by atoms with Gasteiger partial charge in [0.15, 0.2) is 0 Å². The molecule has 3 rings (SSSR count). The molecule has 0 bridgehead atoms. The average Bonchev–Trinajstić information content (AvgIpc) is 3.12. The van der Waals surface area contributed by atoms with Gasteiger partial charge in [-0.15, -0.1) is 0 Å². The zero-order chi connectivity index (χ0) is 22.5. The quantitative estimate of drug-likeness (QED) is 0.637. The molecular weight excluding hydrogens is 400 g/mol. The molecule has 0 aliphatic heterocycles. The molecule has 0 spiro atoms. The van der Waals surface area contributed by atoms with Gasteiger partial charge in [0.2, 0.25) is 10.0 Å². The number of aryl methyl sites for hydroxylation is 2. The largest absolute Gasteiger partial charge is 0.497 e. The lowest BCUT2D eigenvalue weighted by molar-refractivity contribution is 0.413. The van der Waals surface area contributed by atoms with Gasteiger partial charge in [-0.25, -0.2) is 13.4 Å². The molecule has 2 aromatic carbocycles. The fourth-order valence-electron chi connectivity index (χ4n) is 3.33. The number of hydrogen-bond donors (Lipinski definition) is 1. The van der Waals surface area contributed by atoms with Crippen LogP contribution >= 0.6 is 0 Å². The number of sulfonamides is 1. The number of para-hydroxylation sites is 1. The molecule has 0 fully saturated rings. The van der Waals surface area contributed by atoms with Crippen molar-refractivity contribution in [1.29, 1.82) is 5.26 Å². The Morgan fingerprint density at radius 1 is 1.20 bits per heavy atom. The Hall–Kier alpha value is -2.89. The monoisotopic (exact) mass is 428 g/mol. The average molecular weight is 429 g/mol. The minimum absolute atomic E-state index is 0.0912. The van der Waals surface area contributed by atoms with E-state index in [9.17, 15) is 8.42 Å². The van der Waals surface area contributed by atoms with Crippen molar-refractivity contribution in [1.82, 2.24) is 14.3 Å². The maximum absolute atomic E-state index is 13.2. The second-order valence-corrected chi connectivity index (χ2v) is 8.66. The number of rotatable bonds is 6. The molecule has 1 heterocycles. The lowest BCUT2D eigenvalue weighted by Gasteiger charge is -2.19. The predicted octanol–water partition coefficient (Wildman–Crippen LogP) is 4.10. The number of nitrogens with zero attached hydrogens (tertiary/aromatic N) is 3. The van der Waals surface area contributed by atoms with Crippen LogP contribution in [0.25, 0.3) is 11.0 Å². The summed E-state index contributed by atoms with van der Waals surface area (Å²) in [5.41, 5.74) is 3.55. The molecule has 7 nitrogen and oxygen atoms in total. The normalized spacial score (nSPS) is 11.1. The molecule has 0 atom stereocenters. The minimum Gasteiger partial charge on any atom is -0.497 e. The molecule has 8 heteroatoms. The first-order valence-electron chi connectivity index (χ1n) is 9.73. The van der Waals surface area contributed by atoms with E-state index in [1.54, 1.807) is 33.1 Å². The van der Waals surface area contributed by atoms with Crippen LogP contribution in [0.5, 0.6) is 5.75 Å². The SMILES string of the molecule is CC.COc1cc(C)c(S(=O)(=O)N(C)Cc2nc3c(CC#N)cccc3[nH]2)c(C)c1. The lowest BCUT2D eigenvalue weighted by Crippen LogP contribution is -2.28. The van der Waals surface area contributed by atoms with Gasteiger partial charge in [0.25, 0.3) is 0 Å². The number of nitrogens with one attached hydrogen (secondary N) is 1. The number of hydrogen-bond acceptors (Lipinski definition) is 5. The molecule has 3 aromatic rings. The Morgan fingerprint density at radius 2 is 1.83 bits per heavy atom. The van der Waals surface area contributed by atoms with Crippen molar-refractivity contribution in [2.75, 3.05) is 14.2 Å². The maximum Gasteiger partial charge on any atom is 0.243 e. The Kier molecular flexibility index (Phi) is 7.59. The van der Waals surface area contributed by atoms with Crippen molar-refractivity contribution >= 4 is 21.1 Å². The van der Waals surface area contributed by atoms with Crippen molar-refractivity contribution < 1.29 is 13.2 Å². The zero-order valence-corrected chi connectivity index (χ0v) is 19.1. The highest BCUT2D eigenvalue weighted by atomic mass is 32.2. The molecular formula is C22H28N4O3S. The van der Waals surface area contributed by atoms with Gasteiger partial charge in [0.05, 0.1) is 42.1 Å². The molecule has 30 heavy (non-hydrogen) atoms. The number of aromatic amines is 1. The van der Waals surface area contributed by atoms with Crippen LogP contribution in [0.2, 0.25) is 0 Å². The van der Waals surface area contributed by atoms with Gasteiger partial charge in [-0.1, -0.05) is 26.0 Å². The summed E-state index contributed by atoms with van der Waals surface area (Å²) < 4.78 is 32.8. The highest BCUT2D eigenvalue weighted by Crippen LogP contribution is 2.28. The number of nitriles is 1. The van der Waals surface area contributed by atoms with Gasteiger partial charge < -0.3 is 9.72 Å². The molecule has 0 aliphatic rings. The fraction of sp³-hybridized carbons (Fsp3) is 0.364. The summed E-state index contributed by atoms with van der Waals surface area (Å²) >= 11 is 0. The van der Waals surface area contributed by atoms with E-state index in [2.05, 4.69) is 16.0 Å². The molecule has 0 unspecified atom stereocenters. The van der Waals surface area contributed by atoms with Crippen LogP contribution in [-0.2, 0) is 23.0 Å². The van der Waals surface area contributed by atoms with Crippen LogP contribution in [0, 0.1) is 25.2 Å². The van der Waals surface area contributed by atoms with Crippen LogP contribution in [0.4, 0.5) is 0 Å². The molecule has 0 aliphatic carbocycles. The van der Waals surface area contributed by atoms with Crippen molar-refractivity contribution in [3.63, 3.8) is 0 Å². The van der Waals surface area contributed by atoms with Crippen molar-refractivity contribution in [3.05, 3.63) is 52.8 Å². The number of imidazole rings is 1. The summed E-state index contributed by atoms with van der Waals surface area (Å²) in [5.74, 6) is 1.15. The number of methoxy groups -OCH3 is 1. The standard InChI is InChI=1S/C20H22N4O3S.C2H6/c1-13-10-16(27-4)11-14(2)20(13)28(25,26)24(3)12-18-22-17-7-5-6-15(8-9-21)19(17)23-18;1-2/h5-7,10-11H,8,12H2,1-4H3,(H,22,23);1-2H3. The zero-order valence-electron chi connectivity index (χ0n) is 18.3. The topological polar surface area (TPSA) is 99.1 Å². The van der Waals surface area contributed by atoms with E-state index in [0.29, 0.717) is 28.2 Å². The van der Waals surface area contributed by atoms with Gasteiger partial charge in [0.1, 0.15) is 11.6 Å². The summed E-state index contributed by atoms with van der Waals surface area (Å²) in [6.45, 7) is 7.60. The molecule has 0 saturated heterocycles. The number of aromatic nitrogens is 2. The van der Waals surface area contributed by atoms with E-state index in [-0.39, 0.29) is 17.9 Å². The summed E-state index contributed by atoms with van der Waals surface area (Å²) in [6, 6.07) is 11.1. The van der Waals surface area contributed by atoms with E-state index in [1.807, 2.05) is 32.0 Å². The second kappa shape index (κ2) is 9.74. The predicted molar refractivity (Wildman–Crippen MR) is 118 cm³/mol. The molecule has 0 radical (unpaired) electrons. The maximum atomic E-state index is 13.2. The fourth-order valence-corrected chi connectivity index (χ4v) is 4.87. The van der Waals surface area contributed by atoms with Gasteiger partial charge in [-0.05, 0) is 48.7 Å². The highest BCUT2D eigenvalue weighted by Gasteiger charge is 2.26. The Balaban J connectivity index is 0.00000155. The molecule has 0 saturated carbocycles. The van der Waals surface area contributed by atoms with Gasteiger partial charge in [-0.2, -0.15) is 9.57 Å². The number of H-pyrrole nitrogens is 1.